The average molecular weight is 444 g/mol. The number of nitrogens with zero attached hydrogens (tertiary/aromatic N) is 1. The molecular weight excluding hydrogens is 402 g/mol. The molecule has 0 saturated heterocycles. The fourth-order valence-electron chi connectivity index (χ4n) is 3.79. The zero-order valence-electron chi connectivity index (χ0n) is 21.4. The molecule has 0 aromatic heterocycles. The second-order valence-corrected chi connectivity index (χ2v) is 10.1. The molecule has 5 heteroatoms. The highest BCUT2D eigenvalue weighted by atomic mass is 16.7. The number of methoxy groups -OCH3 is 2. The molecular formula is C27H41NO4. The standard InChI is InChI=1S/C27H41NO4/c1-10-17-28(22-15-11-13-20(26(2,3)4)24(22)31-18-29-8)23-16-12-14-21(27(5,6)7)25(23)32-19-30-9/h11-16H,10,17-19H2,1-9H3. The van der Waals surface area contributed by atoms with Gasteiger partial charge in [0.25, 0.3) is 0 Å². The summed E-state index contributed by atoms with van der Waals surface area (Å²) >= 11 is 0. The van der Waals surface area contributed by atoms with Crippen LogP contribution in [-0.4, -0.2) is 34.4 Å². The van der Waals surface area contributed by atoms with Crippen LogP contribution in [0, 0.1) is 0 Å². The van der Waals surface area contributed by atoms with Crippen molar-refractivity contribution >= 4 is 11.4 Å². The van der Waals surface area contributed by atoms with Crippen molar-refractivity contribution in [2.24, 2.45) is 0 Å². The molecule has 0 aliphatic carbocycles. The van der Waals surface area contributed by atoms with E-state index in [1.54, 1.807) is 14.2 Å². The normalized spacial score (nSPS) is 12.0. The molecule has 2 rings (SSSR count). The van der Waals surface area contributed by atoms with E-state index in [2.05, 4.69) is 89.8 Å². The van der Waals surface area contributed by atoms with E-state index >= 15 is 0 Å². The molecule has 32 heavy (non-hydrogen) atoms. The van der Waals surface area contributed by atoms with E-state index in [0.717, 1.165) is 47.0 Å². The predicted octanol–water partition coefficient (Wildman–Crippen LogP) is 6.80. The Labute approximate surface area is 194 Å². The first-order chi connectivity index (χ1) is 15.1. The van der Waals surface area contributed by atoms with Crippen LogP contribution in [0.3, 0.4) is 0 Å². The van der Waals surface area contributed by atoms with Gasteiger partial charge < -0.3 is 23.8 Å². The number of hydrogen-bond donors (Lipinski definition) is 0. The van der Waals surface area contributed by atoms with Gasteiger partial charge in [-0.05, 0) is 29.4 Å². The van der Waals surface area contributed by atoms with Gasteiger partial charge in [-0.1, -0.05) is 72.7 Å². The molecule has 0 radical (unpaired) electrons. The molecule has 0 amide bonds. The van der Waals surface area contributed by atoms with Crippen LogP contribution in [0.5, 0.6) is 11.5 Å². The Morgan fingerprint density at radius 2 is 1.09 bits per heavy atom. The Morgan fingerprint density at radius 1 is 0.688 bits per heavy atom. The van der Waals surface area contributed by atoms with E-state index < -0.39 is 0 Å². The highest BCUT2D eigenvalue weighted by molar-refractivity contribution is 5.76. The van der Waals surface area contributed by atoms with Crippen molar-refractivity contribution in [2.75, 3.05) is 39.3 Å². The third-order valence-corrected chi connectivity index (χ3v) is 5.28. The van der Waals surface area contributed by atoms with Gasteiger partial charge in [0.1, 0.15) is 11.5 Å². The fourth-order valence-corrected chi connectivity index (χ4v) is 3.79. The molecule has 5 nitrogen and oxygen atoms in total. The zero-order chi connectivity index (χ0) is 23.9. The Hall–Kier alpha value is -2.24. The largest absolute Gasteiger partial charge is 0.465 e. The van der Waals surface area contributed by atoms with Crippen LogP contribution in [0.15, 0.2) is 36.4 Å². The first-order valence-corrected chi connectivity index (χ1v) is 11.3. The number of benzene rings is 2. The number of hydrogen-bond acceptors (Lipinski definition) is 5. The van der Waals surface area contributed by atoms with Gasteiger partial charge in [0.2, 0.25) is 0 Å². The lowest BCUT2D eigenvalue weighted by molar-refractivity contribution is 0.0497. The van der Waals surface area contributed by atoms with E-state index in [9.17, 15) is 0 Å². The van der Waals surface area contributed by atoms with Gasteiger partial charge in [-0.15, -0.1) is 0 Å². The van der Waals surface area contributed by atoms with E-state index in [1.807, 2.05) is 0 Å². The van der Waals surface area contributed by atoms with Crippen molar-refractivity contribution in [1.29, 1.82) is 0 Å². The first kappa shape index (κ1) is 26.0. The number of ether oxygens (including phenoxy) is 4. The van der Waals surface area contributed by atoms with Crippen molar-refractivity contribution in [2.45, 2.75) is 65.7 Å². The van der Waals surface area contributed by atoms with E-state index in [1.165, 1.54) is 0 Å². The van der Waals surface area contributed by atoms with Crippen LogP contribution in [0.25, 0.3) is 0 Å². The van der Waals surface area contributed by atoms with Crippen LogP contribution in [0.2, 0.25) is 0 Å². The zero-order valence-corrected chi connectivity index (χ0v) is 21.4. The van der Waals surface area contributed by atoms with Gasteiger partial charge in [0, 0.05) is 31.9 Å². The van der Waals surface area contributed by atoms with Gasteiger partial charge in [0.05, 0.1) is 11.4 Å². The molecule has 0 atom stereocenters. The lowest BCUT2D eigenvalue weighted by Gasteiger charge is -2.33. The molecule has 2 aromatic rings. The average Bonchev–Trinajstić information content (AvgIpc) is 2.73. The molecule has 0 bridgehead atoms. The summed E-state index contributed by atoms with van der Waals surface area (Å²) in [4.78, 5) is 2.29. The lowest BCUT2D eigenvalue weighted by atomic mass is 9.85. The quantitative estimate of drug-likeness (QED) is 0.378. The van der Waals surface area contributed by atoms with Gasteiger partial charge in [-0.2, -0.15) is 0 Å². The summed E-state index contributed by atoms with van der Waals surface area (Å²) in [6.45, 7) is 16.6. The van der Waals surface area contributed by atoms with Crippen LogP contribution in [0.4, 0.5) is 11.4 Å². The third-order valence-electron chi connectivity index (χ3n) is 5.28. The number of para-hydroxylation sites is 2. The molecule has 0 aliphatic heterocycles. The lowest BCUT2D eigenvalue weighted by Crippen LogP contribution is -2.24. The molecule has 0 aliphatic rings. The van der Waals surface area contributed by atoms with Gasteiger partial charge >= 0.3 is 0 Å². The highest BCUT2D eigenvalue weighted by Crippen LogP contribution is 2.46. The first-order valence-electron chi connectivity index (χ1n) is 11.3. The summed E-state index contributed by atoms with van der Waals surface area (Å²) < 4.78 is 22.9. The Morgan fingerprint density at radius 3 is 1.41 bits per heavy atom. The second kappa shape index (κ2) is 11.1. The molecule has 0 saturated carbocycles. The Kier molecular flexibility index (Phi) is 8.99. The molecule has 2 aromatic carbocycles. The summed E-state index contributed by atoms with van der Waals surface area (Å²) in [7, 11) is 3.29. The predicted molar refractivity (Wildman–Crippen MR) is 133 cm³/mol. The number of anilines is 2. The van der Waals surface area contributed by atoms with Crippen LogP contribution >= 0.6 is 0 Å². The minimum Gasteiger partial charge on any atom is -0.465 e. The molecule has 0 N–H and O–H groups in total. The van der Waals surface area contributed by atoms with Crippen molar-refractivity contribution in [3.8, 4) is 11.5 Å². The maximum Gasteiger partial charge on any atom is 0.188 e. The molecule has 0 heterocycles. The van der Waals surface area contributed by atoms with E-state index in [-0.39, 0.29) is 24.4 Å². The maximum atomic E-state index is 6.18. The van der Waals surface area contributed by atoms with Crippen molar-refractivity contribution in [3.63, 3.8) is 0 Å². The smallest absolute Gasteiger partial charge is 0.188 e. The SMILES string of the molecule is CCCN(c1cccc(C(C)(C)C)c1OCOC)c1cccc(C(C)(C)C)c1OCOC. The van der Waals surface area contributed by atoms with Crippen molar-refractivity contribution < 1.29 is 18.9 Å². The minimum absolute atomic E-state index is 0.0837. The summed E-state index contributed by atoms with van der Waals surface area (Å²) in [6.07, 6.45) is 0.965. The number of rotatable bonds is 10. The van der Waals surface area contributed by atoms with Crippen LogP contribution in [-0.2, 0) is 20.3 Å². The topological polar surface area (TPSA) is 40.2 Å². The van der Waals surface area contributed by atoms with Crippen molar-refractivity contribution in [3.05, 3.63) is 47.5 Å². The van der Waals surface area contributed by atoms with Gasteiger partial charge in [-0.25, -0.2) is 0 Å². The molecule has 0 spiro atoms. The fraction of sp³-hybridized carbons (Fsp3) is 0.556. The Balaban J connectivity index is 2.77. The molecule has 0 unspecified atom stereocenters. The minimum atomic E-state index is -0.0837. The summed E-state index contributed by atoms with van der Waals surface area (Å²) in [6, 6.07) is 12.7. The van der Waals surface area contributed by atoms with E-state index in [0.29, 0.717) is 0 Å². The summed E-state index contributed by atoms with van der Waals surface area (Å²) in [5.74, 6) is 1.68. The van der Waals surface area contributed by atoms with E-state index in [4.69, 9.17) is 18.9 Å². The monoisotopic (exact) mass is 443 g/mol. The van der Waals surface area contributed by atoms with Gasteiger partial charge in [-0.3, -0.25) is 0 Å². The highest BCUT2D eigenvalue weighted by Gasteiger charge is 2.28. The van der Waals surface area contributed by atoms with Gasteiger partial charge in [0.15, 0.2) is 13.6 Å². The Bertz CT molecular complexity index is 795. The molecule has 178 valence electrons. The van der Waals surface area contributed by atoms with Crippen LogP contribution in [0.1, 0.15) is 66.0 Å². The van der Waals surface area contributed by atoms with Crippen LogP contribution < -0.4 is 14.4 Å². The second-order valence-electron chi connectivity index (χ2n) is 10.1. The summed E-state index contributed by atoms with van der Waals surface area (Å²) in [5.41, 5.74) is 4.12. The third kappa shape index (κ3) is 6.17. The maximum absolute atomic E-state index is 6.18. The molecule has 0 fully saturated rings. The van der Waals surface area contributed by atoms with Crippen molar-refractivity contribution in [1.82, 2.24) is 0 Å². The summed E-state index contributed by atoms with van der Waals surface area (Å²) in [5, 5.41) is 0.